The summed E-state index contributed by atoms with van der Waals surface area (Å²) in [6, 6.07) is 19.3. The topological polar surface area (TPSA) is 54.0 Å². The molecule has 6 nitrogen and oxygen atoms in total. The van der Waals surface area contributed by atoms with Crippen molar-refractivity contribution in [3.8, 4) is 0 Å². The van der Waals surface area contributed by atoms with E-state index in [2.05, 4.69) is 58.6 Å². The van der Waals surface area contributed by atoms with Crippen LogP contribution in [0.1, 0.15) is 37.7 Å². The minimum Gasteiger partial charge on any atom is -0.376 e. The van der Waals surface area contributed by atoms with Gasteiger partial charge in [-0.05, 0) is 69.0 Å². The van der Waals surface area contributed by atoms with E-state index in [1.807, 2.05) is 18.2 Å². The Balaban J connectivity index is 1.15. The van der Waals surface area contributed by atoms with Crippen LogP contribution in [0.5, 0.6) is 0 Å². The summed E-state index contributed by atoms with van der Waals surface area (Å²) >= 11 is 0. The van der Waals surface area contributed by atoms with Gasteiger partial charge < -0.3 is 24.6 Å². The largest absolute Gasteiger partial charge is 0.376 e. The number of rotatable bonds is 10. The number of ether oxygens (including phenoxy) is 2. The second-order valence-corrected chi connectivity index (χ2v) is 9.51. The summed E-state index contributed by atoms with van der Waals surface area (Å²) in [6.45, 7) is 5.16. The number of hydrogen-bond acceptors (Lipinski definition) is 5. The SMILES string of the molecule is CN(CC1COCCO1)C1CCN(c2ccc(NC(=O)CCCCc3ccccc3)cc2)CC1. The van der Waals surface area contributed by atoms with Gasteiger partial charge in [0.1, 0.15) is 0 Å². The van der Waals surface area contributed by atoms with Gasteiger partial charge in [0.25, 0.3) is 0 Å². The lowest BCUT2D eigenvalue weighted by molar-refractivity contribution is -0.116. The molecule has 1 atom stereocenters. The van der Waals surface area contributed by atoms with Crippen LogP contribution < -0.4 is 10.2 Å². The number of hydrogen-bond donors (Lipinski definition) is 1. The monoisotopic (exact) mass is 465 g/mol. The van der Waals surface area contributed by atoms with Gasteiger partial charge >= 0.3 is 0 Å². The Kier molecular flexibility index (Phi) is 9.36. The molecule has 34 heavy (non-hydrogen) atoms. The molecule has 1 amide bonds. The van der Waals surface area contributed by atoms with E-state index in [4.69, 9.17) is 9.47 Å². The van der Waals surface area contributed by atoms with Crippen LogP contribution in [0.2, 0.25) is 0 Å². The standard InChI is InChI=1S/C28H39N3O3/c1-30(21-27-22-33-19-20-34-27)25-15-17-31(18-16-25)26-13-11-24(12-14-26)29-28(32)10-6-5-9-23-7-3-2-4-8-23/h2-4,7-8,11-14,25,27H,5-6,9-10,15-22H2,1H3,(H,29,32). The third kappa shape index (κ3) is 7.55. The molecule has 1 N–H and O–H groups in total. The molecule has 2 aromatic rings. The van der Waals surface area contributed by atoms with Crippen molar-refractivity contribution in [3.63, 3.8) is 0 Å². The molecule has 0 aromatic heterocycles. The summed E-state index contributed by atoms with van der Waals surface area (Å²) in [6.07, 6.45) is 6.01. The highest BCUT2D eigenvalue weighted by Crippen LogP contribution is 2.24. The Labute approximate surface area is 204 Å². The molecule has 4 rings (SSSR count). The fourth-order valence-electron chi connectivity index (χ4n) is 4.92. The van der Waals surface area contributed by atoms with Crippen molar-refractivity contribution in [2.24, 2.45) is 0 Å². The van der Waals surface area contributed by atoms with Gasteiger partial charge in [0.2, 0.25) is 5.91 Å². The molecule has 184 valence electrons. The number of amides is 1. The number of carbonyl (C=O) groups is 1. The average Bonchev–Trinajstić information content (AvgIpc) is 2.88. The predicted octanol–water partition coefficient (Wildman–Crippen LogP) is 4.35. The highest BCUT2D eigenvalue weighted by Gasteiger charge is 2.25. The van der Waals surface area contributed by atoms with Crippen LogP contribution in [0, 0.1) is 0 Å². The Morgan fingerprint density at radius 2 is 1.79 bits per heavy atom. The molecule has 2 fully saturated rings. The number of unbranched alkanes of at least 4 members (excludes halogenated alkanes) is 1. The molecule has 0 aliphatic carbocycles. The molecule has 2 aliphatic heterocycles. The highest BCUT2D eigenvalue weighted by atomic mass is 16.6. The van der Waals surface area contributed by atoms with E-state index in [1.54, 1.807) is 0 Å². The molecule has 0 bridgehead atoms. The van der Waals surface area contributed by atoms with Crippen LogP contribution in [0.4, 0.5) is 11.4 Å². The van der Waals surface area contributed by atoms with Crippen molar-refractivity contribution in [2.75, 3.05) is 56.7 Å². The maximum Gasteiger partial charge on any atom is 0.224 e. The van der Waals surface area contributed by atoms with Crippen molar-refractivity contribution in [1.29, 1.82) is 0 Å². The summed E-state index contributed by atoms with van der Waals surface area (Å²) in [5.74, 6) is 0.0945. The molecule has 2 aromatic carbocycles. The van der Waals surface area contributed by atoms with E-state index < -0.39 is 0 Å². The average molecular weight is 466 g/mol. The second kappa shape index (κ2) is 12.9. The van der Waals surface area contributed by atoms with E-state index in [0.717, 1.165) is 64.0 Å². The molecule has 6 heteroatoms. The number of carbonyl (C=O) groups excluding carboxylic acids is 1. The first-order valence-electron chi connectivity index (χ1n) is 12.8. The number of nitrogens with one attached hydrogen (secondary N) is 1. The Morgan fingerprint density at radius 3 is 2.50 bits per heavy atom. The lowest BCUT2D eigenvalue weighted by Crippen LogP contribution is -2.47. The van der Waals surface area contributed by atoms with Crippen molar-refractivity contribution >= 4 is 17.3 Å². The second-order valence-electron chi connectivity index (χ2n) is 9.51. The maximum atomic E-state index is 12.3. The number of piperidine rings is 1. The van der Waals surface area contributed by atoms with Crippen LogP contribution in [0.15, 0.2) is 54.6 Å². The van der Waals surface area contributed by atoms with Crippen LogP contribution in [-0.2, 0) is 20.7 Å². The van der Waals surface area contributed by atoms with E-state index in [9.17, 15) is 4.79 Å². The molecular formula is C28H39N3O3. The summed E-state index contributed by atoms with van der Waals surface area (Å²) in [5.41, 5.74) is 3.44. The van der Waals surface area contributed by atoms with Gasteiger partial charge in [0.15, 0.2) is 0 Å². The predicted molar refractivity (Wildman–Crippen MR) is 137 cm³/mol. The molecule has 0 spiro atoms. The number of aryl methyl sites for hydroxylation is 1. The summed E-state index contributed by atoms with van der Waals surface area (Å²) in [4.78, 5) is 17.2. The molecule has 2 aliphatic rings. The zero-order valence-corrected chi connectivity index (χ0v) is 20.5. The first-order valence-corrected chi connectivity index (χ1v) is 12.8. The van der Waals surface area contributed by atoms with Crippen LogP contribution in [-0.4, -0.2) is 69.5 Å². The maximum absolute atomic E-state index is 12.3. The quantitative estimate of drug-likeness (QED) is 0.529. The highest BCUT2D eigenvalue weighted by molar-refractivity contribution is 5.90. The summed E-state index contributed by atoms with van der Waals surface area (Å²) in [5, 5.41) is 3.05. The lowest BCUT2D eigenvalue weighted by Gasteiger charge is -2.39. The third-order valence-electron chi connectivity index (χ3n) is 6.94. The zero-order valence-electron chi connectivity index (χ0n) is 20.5. The van der Waals surface area contributed by atoms with Crippen molar-refractivity contribution in [3.05, 3.63) is 60.2 Å². The van der Waals surface area contributed by atoms with E-state index >= 15 is 0 Å². The van der Waals surface area contributed by atoms with Gasteiger partial charge in [-0.2, -0.15) is 0 Å². The molecular weight excluding hydrogens is 426 g/mol. The van der Waals surface area contributed by atoms with Gasteiger partial charge in [-0.3, -0.25) is 4.79 Å². The summed E-state index contributed by atoms with van der Waals surface area (Å²) < 4.78 is 11.3. The van der Waals surface area contributed by atoms with Crippen LogP contribution in [0.3, 0.4) is 0 Å². The molecule has 2 heterocycles. The number of nitrogens with zero attached hydrogens (tertiary/aromatic N) is 2. The first kappa shape index (κ1) is 24.7. The summed E-state index contributed by atoms with van der Waals surface area (Å²) in [7, 11) is 2.21. The van der Waals surface area contributed by atoms with Crippen molar-refractivity contribution in [2.45, 2.75) is 50.7 Å². The van der Waals surface area contributed by atoms with E-state index in [-0.39, 0.29) is 12.0 Å². The minimum atomic E-state index is 0.0945. The smallest absolute Gasteiger partial charge is 0.224 e. The Hall–Kier alpha value is -2.41. The van der Waals surface area contributed by atoms with Gasteiger partial charge in [-0.25, -0.2) is 0 Å². The molecule has 0 saturated carbocycles. The van der Waals surface area contributed by atoms with Crippen LogP contribution >= 0.6 is 0 Å². The molecule has 2 saturated heterocycles. The fourth-order valence-corrected chi connectivity index (χ4v) is 4.92. The third-order valence-corrected chi connectivity index (χ3v) is 6.94. The molecule has 1 unspecified atom stereocenters. The normalized spacial score (nSPS) is 19.4. The van der Waals surface area contributed by atoms with Crippen LogP contribution in [0.25, 0.3) is 0 Å². The van der Waals surface area contributed by atoms with Gasteiger partial charge in [-0.15, -0.1) is 0 Å². The van der Waals surface area contributed by atoms with Gasteiger partial charge in [0, 0.05) is 43.5 Å². The fraction of sp³-hybridized carbons (Fsp3) is 0.536. The minimum absolute atomic E-state index is 0.0945. The number of likely N-dealkylation sites (N-methyl/N-ethyl adjacent to an activating group) is 1. The van der Waals surface area contributed by atoms with E-state index in [1.165, 1.54) is 11.3 Å². The van der Waals surface area contributed by atoms with Crippen molar-refractivity contribution < 1.29 is 14.3 Å². The zero-order chi connectivity index (χ0) is 23.6. The lowest BCUT2D eigenvalue weighted by atomic mass is 10.0. The Bertz CT molecular complexity index is 860. The molecule has 0 radical (unpaired) electrons. The Morgan fingerprint density at radius 1 is 1.03 bits per heavy atom. The van der Waals surface area contributed by atoms with Gasteiger partial charge in [-0.1, -0.05) is 30.3 Å². The number of anilines is 2. The van der Waals surface area contributed by atoms with E-state index in [0.29, 0.717) is 25.7 Å². The first-order chi connectivity index (χ1) is 16.7. The van der Waals surface area contributed by atoms with Gasteiger partial charge in [0.05, 0.1) is 25.9 Å². The number of benzene rings is 2. The van der Waals surface area contributed by atoms with Crippen molar-refractivity contribution in [1.82, 2.24) is 4.90 Å².